The highest BCUT2D eigenvalue weighted by atomic mass is 32.2. The van der Waals surface area contributed by atoms with E-state index in [0.29, 0.717) is 42.4 Å². The summed E-state index contributed by atoms with van der Waals surface area (Å²) in [4.78, 5) is 14.4. The number of anilines is 1. The second-order valence-electron chi connectivity index (χ2n) is 7.18. The van der Waals surface area contributed by atoms with Gasteiger partial charge in [-0.2, -0.15) is 0 Å². The Labute approximate surface area is 162 Å². The molecular weight excluding hydrogens is 388 g/mol. The highest BCUT2D eigenvalue weighted by Gasteiger charge is 2.37. The minimum Gasteiger partial charge on any atom is -0.467 e. The molecule has 0 aliphatic carbocycles. The van der Waals surface area contributed by atoms with E-state index in [1.807, 2.05) is 0 Å². The SMILES string of the molecule is C[C@@H]1C[C@H](C)CN(C(=O)[C@H](C)S(=O)(=O)c2nnc(NCc3ccco3)s2)C1. The number of aromatic nitrogens is 2. The van der Waals surface area contributed by atoms with E-state index in [0.717, 1.165) is 17.8 Å². The smallest absolute Gasteiger partial charge is 0.241 e. The number of nitrogens with one attached hydrogen (secondary N) is 1. The Balaban J connectivity index is 1.68. The second kappa shape index (κ2) is 7.97. The van der Waals surface area contributed by atoms with Gasteiger partial charge in [0.1, 0.15) is 11.0 Å². The molecule has 0 radical (unpaired) electrons. The first-order valence-electron chi connectivity index (χ1n) is 8.89. The number of rotatable bonds is 6. The summed E-state index contributed by atoms with van der Waals surface area (Å²) in [5.41, 5.74) is 0. The lowest BCUT2D eigenvalue weighted by Crippen LogP contribution is -2.48. The zero-order valence-corrected chi connectivity index (χ0v) is 17.2. The molecule has 2 aromatic rings. The van der Waals surface area contributed by atoms with E-state index in [-0.39, 0.29) is 10.2 Å². The molecule has 1 fully saturated rings. The van der Waals surface area contributed by atoms with Gasteiger partial charge in [0, 0.05) is 13.1 Å². The maximum atomic E-state index is 12.8. The van der Waals surface area contributed by atoms with E-state index >= 15 is 0 Å². The molecule has 1 aliphatic rings. The third kappa shape index (κ3) is 4.49. The molecule has 1 N–H and O–H groups in total. The molecule has 3 rings (SSSR count). The molecule has 0 unspecified atom stereocenters. The molecule has 0 saturated carbocycles. The fourth-order valence-corrected chi connectivity index (χ4v) is 5.84. The van der Waals surface area contributed by atoms with Crippen LogP contribution in [0.3, 0.4) is 0 Å². The van der Waals surface area contributed by atoms with Crippen molar-refractivity contribution >= 4 is 32.2 Å². The fourth-order valence-electron chi connectivity index (χ4n) is 3.36. The van der Waals surface area contributed by atoms with Crippen molar-refractivity contribution in [3.63, 3.8) is 0 Å². The van der Waals surface area contributed by atoms with Crippen molar-refractivity contribution in [3.05, 3.63) is 24.2 Å². The van der Waals surface area contributed by atoms with Crippen LogP contribution >= 0.6 is 11.3 Å². The monoisotopic (exact) mass is 412 g/mol. The highest BCUT2D eigenvalue weighted by Crippen LogP contribution is 2.27. The summed E-state index contributed by atoms with van der Waals surface area (Å²) in [6.07, 6.45) is 2.61. The number of hydrogen-bond donors (Lipinski definition) is 1. The summed E-state index contributed by atoms with van der Waals surface area (Å²) in [5.74, 6) is 1.07. The number of carbonyl (C=O) groups is 1. The van der Waals surface area contributed by atoms with E-state index in [4.69, 9.17) is 4.42 Å². The van der Waals surface area contributed by atoms with Crippen LogP contribution in [0.25, 0.3) is 0 Å². The number of carbonyl (C=O) groups excluding carboxylic acids is 1. The molecule has 8 nitrogen and oxygen atoms in total. The van der Waals surface area contributed by atoms with Gasteiger partial charge >= 0.3 is 0 Å². The van der Waals surface area contributed by atoms with Gasteiger partial charge in [-0.15, -0.1) is 10.2 Å². The van der Waals surface area contributed by atoms with Crippen LogP contribution in [-0.2, 0) is 21.2 Å². The number of amides is 1. The molecule has 0 aromatic carbocycles. The predicted octanol–water partition coefficient (Wildman–Crippen LogP) is 2.41. The van der Waals surface area contributed by atoms with Crippen molar-refractivity contribution < 1.29 is 17.6 Å². The summed E-state index contributed by atoms with van der Waals surface area (Å²) in [5, 5.41) is 9.81. The van der Waals surface area contributed by atoms with Crippen LogP contribution in [0.15, 0.2) is 27.2 Å². The van der Waals surface area contributed by atoms with Crippen LogP contribution in [-0.4, -0.2) is 47.8 Å². The molecule has 3 atom stereocenters. The van der Waals surface area contributed by atoms with Crippen LogP contribution in [0.1, 0.15) is 33.0 Å². The predicted molar refractivity (Wildman–Crippen MR) is 102 cm³/mol. The van der Waals surface area contributed by atoms with E-state index < -0.39 is 15.1 Å². The zero-order valence-electron chi connectivity index (χ0n) is 15.6. The molecular formula is C17H24N4O4S2. The van der Waals surface area contributed by atoms with Crippen molar-refractivity contribution in [3.8, 4) is 0 Å². The van der Waals surface area contributed by atoms with Crippen molar-refractivity contribution in [2.75, 3.05) is 18.4 Å². The fraction of sp³-hybridized carbons (Fsp3) is 0.588. The standard InChI is InChI=1S/C17H24N4O4S2/c1-11-7-12(2)10-21(9-11)15(22)13(3)27(23,24)17-20-19-16(26-17)18-8-14-5-4-6-25-14/h4-6,11-13H,7-10H2,1-3H3,(H,18,19)/t11-,12+,13-/m0/s1. The average molecular weight is 413 g/mol. The van der Waals surface area contributed by atoms with Gasteiger partial charge in [0.2, 0.25) is 25.2 Å². The third-order valence-corrected chi connectivity index (χ3v) is 7.96. The Morgan fingerprint density at radius 2 is 2.07 bits per heavy atom. The van der Waals surface area contributed by atoms with Crippen LogP contribution < -0.4 is 5.32 Å². The minimum absolute atomic E-state index is 0.150. The lowest BCUT2D eigenvalue weighted by molar-refractivity contribution is -0.133. The highest BCUT2D eigenvalue weighted by molar-refractivity contribution is 7.94. The number of piperidine rings is 1. The Morgan fingerprint density at radius 3 is 2.70 bits per heavy atom. The Bertz CT molecular complexity index is 869. The first-order valence-corrected chi connectivity index (χ1v) is 11.3. The third-order valence-electron chi connectivity index (χ3n) is 4.64. The number of nitrogens with zero attached hydrogens (tertiary/aromatic N) is 3. The molecule has 0 spiro atoms. The lowest BCUT2D eigenvalue weighted by Gasteiger charge is -2.36. The van der Waals surface area contributed by atoms with E-state index in [1.54, 1.807) is 23.3 Å². The average Bonchev–Trinajstić information content (AvgIpc) is 3.29. The summed E-state index contributed by atoms with van der Waals surface area (Å²) < 4.78 is 30.7. The maximum absolute atomic E-state index is 12.8. The minimum atomic E-state index is -3.88. The first kappa shape index (κ1) is 19.8. The van der Waals surface area contributed by atoms with Crippen LogP contribution in [0.2, 0.25) is 0 Å². The Hall–Kier alpha value is -1.94. The number of likely N-dealkylation sites (tertiary alicyclic amines) is 1. The first-order chi connectivity index (χ1) is 12.8. The normalized spacial score (nSPS) is 21.8. The van der Waals surface area contributed by atoms with Crippen molar-refractivity contribution in [1.29, 1.82) is 0 Å². The molecule has 3 heterocycles. The topological polar surface area (TPSA) is 105 Å². The largest absolute Gasteiger partial charge is 0.467 e. The van der Waals surface area contributed by atoms with Gasteiger partial charge in [-0.1, -0.05) is 25.2 Å². The Kier molecular flexibility index (Phi) is 5.85. The number of sulfone groups is 1. The van der Waals surface area contributed by atoms with Crippen LogP contribution in [0, 0.1) is 11.8 Å². The molecule has 10 heteroatoms. The van der Waals surface area contributed by atoms with Crippen molar-refractivity contribution in [2.45, 2.75) is 43.3 Å². The van der Waals surface area contributed by atoms with Crippen LogP contribution in [0.5, 0.6) is 0 Å². The van der Waals surface area contributed by atoms with E-state index in [9.17, 15) is 13.2 Å². The molecule has 148 valence electrons. The quantitative estimate of drug-likeness (QED) is 0.776. The Morgan fingerprint density at radius 1 is 1.37 bits per heavy atom. The van der Waals surface area contributed by atoms with Gasteiger partial charge in [-0.05, 0) is 37.3 Å². The molecule has 0 bridgehead atoms. The van der Waals surface area contributed by atoms with Crippen molar-refractivity contribution in [1.82, 2.24) is 15.1 Å². The van der Waals surface area contributed by atoms with Crippen molar-refractivity contribution in [2.24, 2.45) is 11.8 Å². The summed E-state index contributed by atoms with van der Waals surface area (Å²) in [6, 6.07) is 3.57. The molecule has 2 aromatic heterocycles. The van der Waals surface area contributed by atoms with Gasteiger partial charge < -0.3 is 14.6 Å². The van der Waals surface area contributed by atoms with Crippen LogP contribution in [0.4, 0.5) is 5.13 Å². The van der Waals surface area contributed by atoms with Gasteiger partial charge in [-0.25, -0.2) is 8.42 Å². The zero-order chi connectivity index (χ0) is 19.6. The molecule has 1 amide bonds. The maximum Gasteiger partial charge on any atom is 0.241 e. The second-order valence-corrected chi connectivity index (χ2v) is 10.6. The van der Waals surface area contributed by atoms with E-state index in [1.165, 1.54) is 6.92 Å². The molecule has 27 heavy (non-hydrogen) atoms. The number of hydrogen-bond acceptors (Lipinski definition) is 8. The summed E-state index contributed by atoms with van der Waals surface area (Å²) in [7, 11) is -3.88. The summed E-state index contributed by atoms with van der Waals surface area (Å²) >= 11 is 0.921. The van der Waals surface area contributed by atoms with Gasteiger partial charge in [0.15, 0.2) is 0 Å². The van der Waals surface area contributed by atoms with Gasteiger partial charge in [0.05, 0.1) is 12.8 Å². The molecule has 1 aliphatic heterocycles. The lowest BCUT2D eigenvalue weighted by atomic mass is 9.92. The number of furan rings is 1. The van der Waals surface area contributed by atoms with Gasteiger partial charge in [0.25, 0.3) is 0 Å². The summed E-state index contributed by atoms with van der Waals surface area (Å²) in [6.45, 7) is 7.15. The molecule has 1 saturated heterocycles. The van der Waals surface area contributed by atoms with E-state index in [2.05, 4.69) is 29.4 Å². The van der Waals surface area contributed by atoms with Gasteiger partial charge in [-0.3, -0.25) is 4.79 Å².